The fraction of sp³-hybridized carbons (Fsp3) is 0.500. The topological polar surface area (TPSA) is 37.2 Å². The molecule has 1 aromatic carbocycles. The Morgan fingerprint density at radius 1 is 1.32 bits per heavy atom. The number of nitrogens with one attached hydrogen (secondary N) is 1. The third kappa shape index (κ3) is 2.07. The molecule has 0 spiro atoms. The van der Waals surface area contributed by atoms with Crippen LogP contribution in [-0.2, 0) is 26.6 Å². The lowest BCUT2D eigenvalue weighted by Crippen LogP contribution is -2.02. The van der Waals surface area contributed by atoms with Crippen molar-refractivity contribution in [1.29, 1.82) is 0 Å². The van der Waals surface area contributed by atoms with Crippen molar-refractivity contribution in [1.82, 2.24) is 9.88 Å². The molecule has 2 N–H and O–H groups in total. The molecule has 1 unspecified atom stereocenters. The van der Waals surface area contributed by atoms with Crippen LogP contribution in [-0.4, -0.2) is 15.8 Å². The molecule has 3 rings (SSSR count). The number of aliphatic hydroxyl groups excluding tert-OH is 1. The summed E-state index contributed by atoms with van der Waals surface area (Å²) < 4.78 is 2.28. The zero-order valence-corrected chi connectivity index (χ0v) is 12.0. The number of benzene rings is 1. The van der Waals surface area contributed by atoms with Crippen molar-refractivity contribution in [3.05, 3.63) is 34.5 Å². The van der Waals surface area contributed by atoms with E-state index in [0.717, 1.165) is 25.9 Å². The van der Waals surface area contributed by atoms with Gasteiger partial charge in [-0.05, 0) is 55.5 Å². The van der Waals surface area contributed by atoms with Crippen molar-refractivity contribution in [2.24, 2.45) is 7.05 Å². The summed E-state index contributed by atoms with van der Waals surface area (Å²) >= 11 is 0. The van der Waals surface area contributed by atoms with Crippen LogP contribution in [0.25, 0.3) is 10.9 Å². The lowest BCUT2D eigenvalue weighted by molar-refractivity contribution is 0.185. The molecule has 0 fully saturated rings. The molecule has 0 saturated carbocycles. The minimum Gasteiger partial charge on any atom is -0.393 e. The number of aryl methyl sites for hydroxylation is 2. The first-order valence-electron chi connectivity index (χ1n) is 7.06. The standard InChI is InChI=1S/C16H22N2O/c1-10(19)4-5-14-11(2)18(3)16-7-13-9-17-8-12(13)6-15(14)16/h6-7,10,17,19H,4-5,8-9H2,1-3H3. The molecule has 102 valence electrons. The molecule has 0 aliphatic carbocycles. The van der Waals surface area contributed by atoms with E-state index in [1.165, 1.54) is 33.3 Å². The number of rotatable bonds is 3. The van der Waals surface area contributed by atoms with E-state index in [4.69, 9.17) is 0 Å². The summed E-state index contributed by atoms with van der Waals surface area (Å²) in [7, 11) is 2.14. The monoisotopic (exact) mass is 258 g/mol. The zero-order chi connectivity index (χ0) is 13.6. The predicted molar refractivity (Wildman–Crippen MR) is 78.2 cm³/mol. The van der Waals surface area contributed by atoms with Crippen LogP contribution in [0.1, 0.15) is 35.7 Å². The second-order valence-electron chi connectivity index (χ2n) is 5.75. The fourth-order valence-corrected chi connectivity index (χ4v) is 3.10. The maximum atomic E-state index is 9.52. The van der Waals surface area contributed by atoms with E-state index in [9.17, 15) is 5.11 Å². The van der Waals surface area contributed by atoms with Crippen LogP contribution in [0, 0.1) is 6.92 Å². The first-order valence-corrected chi connectivity index (χ1v) is 7.06. The van der Waals surface area contributed by atoms with Gasteiger partial charge in [-0.15, -0.1) is 0 Å². The molecule has 1 atom stereocenters. The van der Waals surface area contributed by atoms with Gasteiger partial charge < -0.3 is 15.0 Å². The van der Waals surface area contributed by atoms with Crippen LogP contribution in [0.3, 0.4) is 0 Å². The van der Waals surface area contributed by atoms with Gasteiger partial charge in [0, 0.05) is 36.7 Å². The van der Waals surface area contributed by atoms with E-state index >= 15 is 0 Å². The second kappa shape index (κ2) is 4.66. The van der Waals surface area contributed by atoms with E-state index in [2.05, 4.69) is 36.0 Å². The molecule has 1 aromatic heterocycles. The largest absolute Gasteiger partial charge is 0.393 e. The number of fused-ring (bicyclic) bond motifs is 2. The van der Waals surface area contributed by atoms with Gasteiger partial charge in [0.2, 0.25) is 0 Å². The Hall–Kier alpha value is -1.32. The fourth-order valence-electron chi connectivity index (χ4n) is 3.10. The average Bonchev–Trinajstić information content (AvgIpc) is 2.91. The third-order valence-electron chi connectivity index (χ3n) is 4.39. The summed E-state index contributed by atoms with van der Waals surface area (Å²) in [5, 5.41) is 14.3. The molecular formula is C16H22N2O. The average molecular weight is 258 g/mol. The van der Waals surface area contributed by atoms with E-state index < -0.39 is 0 Å². The highest BCUT2D eigenvalue weighted by molar-refractivity contribution is 5.87. The Bertz CT molecular complexity index is 625. The minimum atomic E-state index is -0.231. The molecule has 2 aromatic rings. The van der Waals surface area contributed by atoms with Gasteiger partial charge in [0.15, 0.2) is 0 Å². The van der Waals surface area contributed by atoms with Crippen LogP contribution < -0.4 is 5.32 Å². The summed E-state index contributed by atoms with van der Waals surface area (Å²) in [4.78, 5) is 0. The molecular weight excluding hydrogens is 236 g/mol. The van der Waals surface area contributed by atoms with Crippen molar-refractivity contribution in [3.8, 4) is 0 Å². The van der Waals surface area contributed by atoms with Gasteiger partial charge in [-0.3, -0.25) is 0 Å². The third-order valence-corrected chi connectivity index (χ3v) is 4.39. The van der Waals surface area contributed by atoms with Crippen LogP contribution in [0.15, 0.2) is 12.1 Å². The Balaban J connectivity index is 2.12. The van der Waals surface area contributed by atoms with Crippen molar-refractivity contribution < 1.29 is 5.11 Å². The Morgan fingerprint density at radius 2 is 2.00 bits per heavy atom. The second-order valence-corrected chi connectivity index (χ2v) is 5.75. The molecule has 19 heavy (non-hydrogen) atoms. The highest BCUT2D eigenvalue weighted by Crippen LogP contribution is 2.30. The van der Waals surface area contributed by atoms with Crippen molar-refractivity contribution >= 4 is 10.9 Å². The highest BCUT2D eigenvalue weighted by atomic mass is 16.3. The number of nitrogens with zero attached hydrogens (tertiary/aromatic N) is 1. The van der Waals surface area contributed by atoms with E-state index in [1.807, 2.05) is 6.92 Å². The SMILES string of the molecule is Cc1c(CCC(C)O)c2cc3c(cc2n1C)CNC3. The Labute approximate surface area is 114 Å². The molecule has 0 bridgehead atoms. The van der Waals surface area contributed by atoms with Crippen LogP contribution in [0.2, 0.25) is 0 Å². The van der Waals surface area contributed by atoms with Crippen LogP contribution >= 0.6 is 0 Å². The number of hydrogen-bond donors (Lipinski definition) is 2. The summed E-state index contributed by atoms with van der Waals surface area (Å²) in [6.45, 7) is 6.01. The summed E-state index contributed by atoms with van der Waals surface area (Å²) in [6, 6.07) is 4.67. The van der Waals surface area contributed by atoms with Crippen molar-refractivity contribution in [2.45, 2.75) is 45.9 Å². The number of aromatic nitrogens is 1. The minimum absolute atomic E-state index is 0.231. The zero-order valence-electron chi connectivity index (χ0n) is 12.0. The first-order chi connectivity index (χ1) is 9.08. The predicted octanol–water partition coefficient (Wildman–Crippen LogP) is 2.40. The van der Waals surface area contributed by atoms with Gasteiger partial charge in [-0.2, -0.15) is 0 Å². The van der Waals surface area contributed by atoms with Crippen molar-refractivity contribution in [2.75, 3.05) is 0 Å². The maximum Gasteiger partial charge on any atom is 0.0515 e. The maximum absolute atomic E-state index is 9.52. The lowest BCUT2D eigenvalue weighted by atomic mass is 10.0. The van der Waals surface area contributed by atoms with E-state index in [0.29, 0.717) is 0 Å². The first kappa shape index (κ1) is 12.7. The lowest BCUT2D eigenvalue weighted by Gasteiger charge is -2.05. The number of aliphatic hydroxyl groups is 1. The molecule has 0 saturated heterocycles. The number of hydrogen-bond acceptors (Lipinski definition) is 2. The molecule has 0 radical (unpaired) electrons. The molecule has 0 amide bonds. The highest BCUT2D eigenvalue weighted by Gasteiger charge is 2.17. The Morgan fingerprint density at radius 3 is 2.68 bits per heavy atom. The van der Waals surface area contributed by atoms with Gasteiger partial charge in [-0.25, -0.2) is 0 Å². The van der Waals surface area contributed by atoms with E-state index in [1.54, 1.807) is 0 Å². The smallest absolute Gasteiger partial charge is 0.0515 e. The van der Waals surface area contributed by atoms with Crippen LogP contribution in [0.4, 0.5) is 0 Å². The molecule has 2 heterocycles. The molecule has 1 aliphatic rings. The molecule has 1 aliphatic heterocycles. The van der Waals surface area contributed by atoms with Gasteiger partial charge >= 0.3 is 0 Å². The summed E-state index contributed by atoms with van der Waals surface area (Å²) in [6.07, 6.45) is 1.55. The van der Waals surface area contributed by atoms with Gasteiger partial charge in [0.25, 0.3) is 0 Å². The van der Waals surface area contributed by atoms with Gasteiger partial charge in [0.05, 0.1) is 6.10 Å². The quantitative estimate of drug-likeness (QED) is 0.887. The Kier molecular flexibility index (Phi) is 3.11. The van der Waals surface area contributed by atoms with Crippen LogP contribution in [0.5, 0.6) is 0 Å². The molecule has 3 heteroatoms. The summed E-state index contributed by atoms with van der Waals surface area (Å²) in [5.41, 5.74) is 6.90. The van der Waals surface area contributed by atoms with E-state index in [-0.39, 0.29) is 6.10 Å². The normalized spacial score (nSPS) is 16.0. The summed E-state index contributed by atoms with van der Waals surface area (Å²) in [5.74, 6) is 0. The molecule has 3 nitrogen and oxygen atoms in total. The van der Waals surface area contributed by atoms with Crippen molar-refractivity contribution in [3.63, 3.8) is 0 Å². The van der Waals surface area contributed by atoms with Gasteiger partial charge in [-0.1, -0.05) is 0 Å². The van der Waals surface area contributed by atoms with Gasteiger partial charge in [0.1, 0.15) is 0 Å².